The van der Waals surface area contributed by atoms with E-state index in [4.69, 9.17) is 18.9 Å². The van der Waals surface area contributed by atoms with Crippen molar-refractivity contribution in [2.24, 2.45) is 0 Å². The Morgan fingerprint density at radius 1 is 1.18 bits per heavy atom. The van der Waals surface area contributed by atoms with E-state index in [9.17, 15) is 14.7 Å². The summed E-state index contributed by atoms with van der Waals surface area (Å²) in [6, 6.07) is 6.33. The molecule has 118 valence electrons. The molecule has 1 aromatic carbocycles. The van der Waals surface area contributed by atoms with Crippen LogP contribution in [0.25, 0.3) is 0 Å². The predicted molar refractivity (Wildman–Crippen MR) is 72.4 cm³/mol. The van der Waals surface area contributed by atoms with Crippen molar-refractivity contribution in [2.45, 2.75) is 31.3 Å². The van der Waals surface area contributed by atoms with E-state index in [1.807, 2.05) is 0 Å². The number of hydrogen-bond donors (Lipinski definition) is 1. The number of benzene rings is 1. The maximum Gasteiger partial charge on any atom is 0.342 e. The number of aliphatic hydroxyl groups excluding tert-OH is 1. The molecule has 1 aromatic rings. The van der Waals surface area contributed by atoms with E-state index in [0.717, 1.165) is 0 Å². The number of aliphatic hydroxyl groups is 1. The first kappa shape index (κ1) is 15.0. The molecule has 0 radical (unpaired) electrons. The number of esters is 2. The molecular weight excluding hydrogens is 292 g/mol. The van der Waals surface area contributed by atoms with Crippen molar-refractivity contribution in [1.29, 1.82) is 0 Å². The molecule has 2 fully saturated rings. The number of fused-ring (bicyclic) bond motifs is 1. The number of rotatable bonds is 3. The molecule has 2 aliphatic rings. The fraction of sp³-hybridized carbons (Fsp3) is 0.467. The van der Waals surface area contributed by atoms with Gasteiger partial charge in [-0.2, -0.15) is 0 Å². The van der Waals surface area contributed by atoms with Gasteiger partial charge in [0.25, 0.3) is 0 Å². The maximum absolute atomic E-state index is 12.3. The van der Waals surface area contributed by atoms with Gasteiger partial charge in [0.05, 0.1) is 13.2 Å². The van der Waals surface area contributed by atoms with E-state index in [0.29, 0.717) is 0 Å². The van der Waals surface area contributed by atoms with Gasteiger partial charge in [-0.1, -0.05) is 12.1 Å². The Morgan fingerprint density at radius 3 is 2.68 bits per heavy atom. The zero-order valence-corrected chi connectivity index (χ0v) is 11.9. The number of ether oxygens (including phenoxy) is 4. The fourth-order valence-corrected chi connectivity index (χ4v) is 2.63. The van der Waals surface area contributed by atoms with Crippen LogP contribution in [0.2, 0.25) is 0 Å². The van der Waals surface area contributed by atoms with Crippen LogP contribution in [0.5, 0.6) is 5.75 Å². The Balaban J connectivity index is 1.71. The highest BCUT2D eigenvalue weighted by Crippen LogP contribution is 2.30. The van der Waals surface area contributed by atoms with Crippen LogP contribution in [-0.4, -0.2) is 54.7 Å². The highest BCUT2D eigenvalue weighted by molar-refractivity contribution is 5.93. The standard InChI is InChI=1S/C15H16O7/c1-8(16)21-11-5-3-2-4-9(11)15(18)22-12-7-20-13-10(17)6-19-14(12)13/h2-5,10,12-14,17H,6-7H2,1H3. The zero-order valence-electron chi connectivity index (χ0n) is 11.9. The molecule has 7 nitrogen and oxygen atoms in total. The second-order valence-electron chi connectivity index (χ2n) is 5.20. The zero-order chi connectivity index (χ0) is 15.7. The van der Waals surface area contributed by atoms with Crippen LogP contribution in [0, 0.1) is 0 Å². The molecule has 0 spiro atoms. The van der Waals surface area contributed by atoms with Crippen LogP contribution in [0.4, 0.5) is 0 Å². The van der Waals surface area contributed by atoms with Gasteiger partial charge < -0.3 is 24.1 Å². The lowest BCUT2D eigenvalue weighted by molar-refractivity contribution is -0.131. The van der Waals surface area contributed by atoms with Crippen molar-refractivity contribution in [2.75, 3.05) is 13.2 Å². The normalized spacial score (nSPS) is 29.9. The van der Waals surface area contributed by atoms with Crippen molar-refractivity contribution in [3.8, 4) is 5.75 Å². The van der Waals surface area contributed by atoms with Crippen LogP contribution >= 0.6 is 0 Å². The predicted octanol–water partition coefficient (Wildman–Crippen LogP) is 0.296. The van der Waals surface area contributed by atoms with Crippen LogP contribution in [0.3, 0.4) is 0 Å². The molecular formula is C15H16O7. The van der Waals surface area contributed by atoms with Crippen LogP contribution in [0.15, 0.2) is 24.3 Å². The molecule has 0 amide bonds. The molecule has 0 saturated carbocycles. The molecule has 0 aliphatic carbocycles. The van der Waals surface area contributed by atoms with Crippen LogP contribution in [-0.2, 0) is 19.0 Å². The van der Waals surface area contributed by atoms with E-state index in [-0.39, 0.29) is 24.5 Å². The van der Waals surface area contributed by atoms with Crippen LogP contribution < -0.4 is 4.74 Å². The van der Waals surface area contributed by atoms with E-state index in [1.165, 1.54) is 19.1 Å². The van der Waals surface area contributed by atoms with Gasteiger partial charge in [0.1, 0.15) is 29.6 Å². The molecule has 7 heteroatoms. The molecule has 4 atom stereocenters. The third-order valence-electron chi connectivity index (χ3n) is 3.60. The maximum atomic E-state index is 12.3. The molecule has 1 N–H and O–H groups in total. The first-order valence-electron chi connectivity index (χ1n) is 6.96. The van der Waals surface area contributed by atoms with E-state index in [2.05, 4.69) is 0 Å². The average molecular weight is 308 g/mol. The van der Waals surface area contributed by atoms with Crippen molar-refractivity contribution >= 4 is 11.9 Å². The molecule has 3 rings (SSSR count). The lowest BCUT2D eigenvalue weighted by atomic mass is 10.1. The largest absolute Gasteiger partial charge is 0.453 e. The fourth-order valence-electron chi connectivity index (χ4n) is 2.63. The van der Waals surface area contributed by atoms with Crippen molar-refractivity contribution in [3.05, 3.63) is 29.8 Å². The Hall–Kier alpha value is -1.96. The highest BCUT2D eigenvalue weighted by Gasteiger charge is 2.49. The summed E-state index contributed by atoms with van der Waals surface area (Å²) in [5.41, 5.74) is 0.152. The summed E-state index contributed by atoms with van der Waals surface area (Å²) in [6.07, 6.45) is -2.25. The van der Waals surface area contributed by atoms with Gasteiger partial charge in [-0.25, -0.2) is 4.79 Å². The minimum atomic E-state index is -0.706. The summed E-state index contributed by atoms with van der Waals surface area (Å²) in [5, 5.41) is 9.66. The Bertz CT molecular complexity index is 585. The lowest BCUT2D eigenvalue weighted by Crippen LogP contribution is -2.34. The first-order valence-corrected chi connectivity index (χ1v) is 6.96. The van der Waals surface area contributed by atoms with Gasteiger partial charge in [0.15, 0.2) is 6.10 Å². The minimum absolute atomic E-state index is 0.142. The quantitative estimate of drug-likeness (QED) is 0.634. The van der Waals surface area contributed by atoms with Gasteiger partial charge in [0.2, 0.25) is 0 Å². The summed E-state index contributed by atoms with van der Waals surface area (Å²) in [5.74, 6) is -1.01. The van der Waals surface area contributed by atoms with Crippen molar-refractivity contribution in [3.63, 3.8) is 0 Å². The number of para-hydroxylation sites is 1. The molecule has 0 bridgehead atoms. The average Bonchev–Trinajstić information content (AvgIpc) is 3.03. The van der Waals surface area contributed by atoms with Gasteiger partial charge >= 0.3 is 11.9 Å². The van der Waals surface area contributed by atoms with Gasteiger partial charge in [-0.3, -0.25) is 4.79 Å². The highest BCUT2D eigenvalue weighted by atomic mass is 16.6. The monoisotopic (exact) mass is 308 g/mol. The summed E-state index contributed by atoms with van der Waals surface area (Å²) in [4.78, 5) is 23.4. The Morgan fingerprint density at radius 2 is 1.91 bits per heavy atom. The van der Waals surface area contributed by atoms with Crippen LogP contribution in [0.1, 0.15) is 17.3 Å². The van der Waals surface area contributed by atoms with E-state index < -0.39 is 36.4 Å². The topological polar surface area (TPSA) is 91.3 Å². The molecule has 4 unspecified atom stereocenters. The Labute approximate surface area is 126 Å². The summed E-state index contributed by atoms with van der Waals surface area (Å²) in [6.45, 7) is 1.58. The molecule has 2 saturated heterocycles. The lowest BCUT2D eigenvalue weighted by Gasteiger charge is -2.17. The van der Waals surface area contributed by atoms with Gasteiger partial charge in [-0.15, -0.1) is 0 Å². The van der Waals surface area contributed by atoms with Gasteiger partial charge in [-0.05, 0) is 12.1 Å². The van der Waals surface area contributed by atoms with Gasteiger partial charge in [0, 0.05) is 6.92 Å². The van der Waals surface area contributed by atoms with Crippen molar-refractivity contribution in [1.82, 2.24) is 0 Å². The summed E-state index contributed by atoms with van der Waals surface area (Å²) in [7, 11) is 0. The third kappa shape index (κ3) is 2.83. The second kappa shape index (κ2) is 6.04. The van der Waals surface area contributed by atoms with E-state index in [1.54, 1.807) is 12.1 Å². The second-order valence-corrected chi connectivity index (χ2v) is 5.20. The number of carbonyl (C=O) groups is 2. The molecule has 0 aromatic heterocycles. The molecule has 2 heterocycles. The Kier molecular flexibility index (Phi) is 4.10. The molecule has 2 aliphatic heterocycles. The SMILES string of the molecule is CC(=O)Oc1ccccc1C(=O)OC1COC2C(O)COC12. The third-order valence-corrected chi connectivity index (χ3v) is 3.60. The first-order chi connectivity index (χ1) is 10.6. The number of hydrogen-bond acceptors (Lipinski definition) is 7. The minimum Gasteiger partial charge on any atom is -0.453 e. The van der Waals surface area contributed by atoms with E-state index >= 15 is 0 Å². The molecule has 22 heavy (non-hydrogen) atoms. The number of carbonyl (C=O) groups excluding carboxylic acids is 2. The summed E-state index contributed by atoms with van der Waals surface area (Å²) < 4.78 is 21.2. The smallest absolute Gasteiger partial charge is 0.342 e. The summed E-state index contributed by atoms with van der Waals surface area (Å²) >= 11 is 0. The van der Waals surface area contributed by atoms with Crippen molar-refractivity contribution < 1.29 is 33.6 Å².